The van der Waals surface area contributed by atoms with E-state index in [1.165, 1.54) is 0 Å². The Hall–Kier alpha value is -0.790. The highest BCUT2D eigenvalue weighted by molar-refractivity contribution is 6.34. The van der Waals surface area contributed by atoms with Crippen molar-refractivity contribution in [3.05, 3.63) is 33.8 Å². The van der Waals surface area contributed by atoms with Crippen molar-refractivity contribution in [2.45, 2.75) is 12.5 Å². The molecular weight excluding hydrogens is 247 g/mol. The van der Waals surface area contributed by atoms with Gasteiger partial charge in [-0.15, -0.1) is 0 Å². The van der Waals surface area contributed by atoms with Crippen LogP contribution in [0.5, 0.6) is 0 Å². The zero-order valence-electron chi connectivity index (χ0n) is 8.58. The van der Waals surface area contributed by atoms with Crippen LogP contribution in [-0.4, -0.2) is 18.3 Å². The van der Waals surface area contributed by atoms with Gasteiger partial charge in [-0.2, -0.15) is 5.26 Å². The van der Waals surface area contributed by atoms with E-state index in [0.29, 0.717) is 23.0 Å². The predicted molar refractivity (Wildman–Crippen MR) is 64.5 cm³/mol. The van der Waals surface area contributed by atoms with Gasteiger partial charge in [0.1, 0.15) is 6.04 Å². The molecule has 1 aromatic carbocycles. The minimum absolute atomic E-state index is 0.0987. The Morgan fingerprint density at radius 1 is 1.31 bits per heavy atom. The number of nitrogens with one attached hydrogen (secondary N) is 1. The number of benzene rings is 1. The lowest BCUT2D eigenvalue weighted by Crippen LogP contribution is -2.21. The Labute approximate surface area is 105 Å². The molecular formula is C11H12Cl2N2O. The Morgan fingerprint density at radius 2 is 1.94 bits per heavy atom. The highest BCUT2D eigenvalue weighted by Crippen LogP contribution is 2.23. The van der Waals surface area contributed by atoms with Crippen LogP contribution in [-0.2, 0) is 0 Å². The van der Waals surface area contributed by atoms with Gasteiger partial charge in [-0.3, -0.25) is 5.32 Å². The lowest BCUT2D eigenvalue weighted by atomic mass is 10.1. The largest absolute Gasteiger partial charge is 0.396 e. The Kier molecular flexibility index (Phi) is 5.58. The molecule has 1 aromatic rings. The molecule has 1 atom stereocenters. The fraction of sp³-hybridized carbons (Fsp3) is 0.364. The topological polar surface area (TPSA) is 56.0 Å². The number of nitrogens with zero attached hydrogens (tertiary/aromatic N) is 1. The van der Waals surface area contributed by atoms with Crippen molar-refractivity contribution in [1.82, 2.24) is 5.32 Å². The molecule has 16 heavy (non-hydrogen) atoms. The summed E-state index contributed by atoms with van der Waals surface area (Å²) in [7, 11) is 0. The van der Waals surface area contributed by atoms with E-state index in [1.807, 2.05) is 0 Å². The summed E-state index contributed by atoms with van der Waals surface area (Å²) in [5, 5.41) is 21.7. The first-order valence-corrected chi connectivity index (χ1v) is 5.63. The van der Waals surface area contributed by atoms with Gasteiger partial charge in [-0.05, 0) is 36.7 Å². The second-order valence-electron chi connectivity index (χ2n) is 3.30. The number of aliphatic hydroxyl groups excluding tert-OH is 1. The molecule has 86 valence electrons. The minimum Gasteiger partial charge on any atom is -0.396 e. The second-order valence-corrected chi connectivity index (χ2v) is 4.17. The van der Waals surface area contributed by atoms with E-state index >= 15 is 0 Å². The summed E-state index contributed by atoms with van der Waals surface area (Å²) in [4.78, 5) is 0. The summed E-state index contributed by atoms with van der Waals surface area (Å²) < 4.78 is 0. The number of hydrogen-bond acceptors (Lipinski definition) is 3. The van der Waals surface area contributed by atoms with Crippen LogP contribution in [0.1, 0.15) is 18.0 Å². The van der Waals surface area contributed by atoms with Crippen LogP contribution in [0.3, 0.4) is 0 Å². The standard InChI is InChI=1S/C11H12Cl2N2O/c12-9-4-8(5-10(13)6-9)11(7-14)15-2-1-3-16/h4-6,11,15-16H,1-3H2. The normalized spacial score (nSPS) is 12.1. The average Bonchev–Trinajstić information content (AvgIpc) is 2.23. The molecule has 3 nitrogen and oxygen atoms in total. The number of nitriles is 1. The van der Waals surface area contributed by atoms with E-state index in [1.54, 1.807) is 18.2 Å². The number of halogens is 2. The summed E-state index contributed by atoms with van der Waals surface area (Å²) in [6.07, 6.45) is 0.604. The van der Waals surface area contributed by atoms with Crippen molar-refractivity contribution in [2.75, 3.05) is 13.2 Å². The van der Waals surface area contributed by atoms with Gasteiger partial charge in [0.25, 0.3) is 0 Å². The molecule has 0 aliphatic rings. The maximum Gasteiger partial charge on any atom is 0.121 e. The lowest BCUT2D eigenvalue weighted by Gasteiger charge is -2.12. The predicted octanol–water partition coefficient (Wildman–Crippen LogP) is 2.53. The van der Waals surface area contributed by atoms with Crippen LogP contribution >= 0.6 is 23.2 Å². The molecule has 0 spiro atoms. The van der Waals surface area contributed by atoms with Crippen LogP contribution in [0, 0.1) is 11.3 Å². The summed E-state index contributed by atoms with van der Waals surface area (Å²) in [5.74, 6) is 0. The van der Waals surface area contributed by atoms with E-state index in [4.69, 9.17) is 33.6 Å². The highest BCUT2D eigenvalue weighted by Gasteiger charge is 2.10. The van der Waals surface area contributed by atoms with Crippen molar-refractivity contribution >= 4 is 23.2 Å². The van der Waals surface area contributed by atoms with Gasteiger partial charge in [-0.1, -0.05) is 23.2 Å². The van der Waals surface area contributed by atoms with Gasteiger partial charge < -0.3 is 5.11 Å². The molecule has 5 heteroatoms. The van der Waals surface area contributed by atoms with Gasteiger partial charge in [0, 0.05) is 16.7 Å². The number of rotatable bonds is 5. The SMILES string of the molecule is N#CC(NCCCO)c1cc(Cl)cc(Cl)c1. The smallest absolute Gasteiger partial charge is 0.121 e. The molecule has 0 aliphatic heterocycles. The Balaban J connectivity index is 2.75. The second kappa shape index (κ2) is 6.72. The molecule has 0 aliphatic carbocycles. The van der Waals surface area contributed by atoms with E-state index < -0.39 is 6.04 Å². The van der Waals surface area contributed by atoms with Crippen molar-refractivity contribution < 1.29 is 5.11 Å². The minimum atomic E-state index is -0.456. The molecule has 2 N–H and O–H groups in total. The molecule has 0 fully saturated rings. The molecule has 0 saturated carbocycles. The van der Waals surface area contributed by atoms with Crippen LogP contribution in [0.4, 0.5) is 0 Å². The third-order valence-corrected chi connectivity index (χ3v) is 2.47. The summed E-state index contributed by atoms with van der Waals surface area (Å²) in [6, 6.07) is 6.69. The third-order valence-electron chi connectivity index (χ3n) is 2.03. The molecule has 1 unspecified atom stereocenters. The zero-order chi connectivity index (χ0) is 12.0. The van der Waals surface area contributed by atoms with Crippen molar-refractivity contribution in [1.29, 1.82) is 5.26 Å². The van der Waals surface area contributed by atoms with Crippen LogP contribution in [0.15, 0.2) is 18.2 Å². The molecule has 0 aromatic heterocycles. The van der Waals surface area contributed by atoms with Gasteiger partial charge in [0.05, 0.1) is 6.07 Å². The van der Waals surface area contributed by atoms with E-state index in [2.05, 4.69) is 11.4 Å². The fourth-order valence-electron chi connectivity index (χ4n) is 1.31. The van der Waals surface area contributed by atoms with Gasteiger partial charge in [0.15, 0.2) is 0 Å². The molecule has 0 bridgehead atoms. The van der Waals surface area contributed by atoms with Crippen molar-refractivity contribution in [3.63, 3.8) is 0 Å². The number of aliphatic hydroxyl groups is 1. The molecule has 0 amide bonds. The van der Waals surface area contributed by atoms with Crippen molar-refractivity contribution in [2.24, 2.45) is 0 Å². The first-order valence-electron chi connectivity index (χ1n) is 4.87. The molecule has 0 radical (unpaired) electrons. The Bertz CT molecular complexity index is 370. The highest BCUT2D eigenvalue weighted by atomic mass is 35.5. The summed E-state index contributed by atoms with van der Waals surface area (Å²) >= 11 is 11.7. The number of hydrogen-bond donors (Lipinski definition) is 2. The van der Waals surface area contributed by atoms with Gasteiger partial charge >= 0.3 is 0 Å². The van der Waals surface area contributed by atoms with E-state index in [9.17, 15) is 0 Å². The molecule has 0 heterocycles. The maximum absolute atomic E-state index is 9.00. The fourth-order valence-corrected chi connectivity index (χ4v) is 1.85. The first kappa shape index (κ1) is 13.3. The van der Waals surface area contributed by atoms with Crippen LogP contribution in [0.2, 0.25) is 10.0 Å². The van der Waals surface area contributed by atoms with Gasteiger partial charge in [-0.25, -0.2) is 0 Å². The summed E-state index contributed by atoms with van der Waals surface area (Å²) in [5.41, 5.74) is 0.734. The van der Waals surface area contributed by atoms with E-state index in [-0.39, 0.29) is 6.61 Å². The van der Waals surface area contributed by atoms with E-state index in [0.717, 1.165) is 5.56 Å². The third kappa shape index (κ3) is 3.99. The monoisotopic (exact) mass is 258 g/mol. The van der Waals surface area contributed by atoms with Gasteiger partial charge in [0.2, 0.25) is 0 Å². The summed E-state index contributed by atoms with van der Waals surface area (Å²) in [6.45, 7) is 0.667. The average molecular weight is 259 g/mol. The Morgan fingerprint density at radius 3 is 2.44 bits per heavy atom. The molecule has 1 rings (SSSR count). The lowest BCUT2D eigenvalue weighted by molar-refractivity contribution is 0.285. The van der Waals surface area contributed by atoms with Crippen LogP contribution in [0.25, 0.3) is 0 Å². The first-order chi connectivity index (χ1) is 7.67. The molecule has 0 saturated heterocycles. The van der Waals surface area contributed by atoms with Crippen LogP contribution < -0.4 is 5.32 Å². The zero-order valence-corrected chi connectivity index (χ0v) is 10.1. The maximum atomic E-state index is 9.00. The van der Waals surface area contributed by atoms with Crippen molar-refractivity contribution in [3.8, 4) is 6.07 Å². The quantitative estimate of drug-likeness (QED) is 0.799.